The predicted molar refractivity (Wildman–Crippen MR) is 63.5 cm³/mol. The number of hydrogen-bond donors (Lipinski definition) is 1. The van der Waals surface area contributed by atoms with Crippen LogP contribution in [0.1, 0.15) is 12.8 Å². The Labute approximate surface area is 98.2 Å². The maximum Gasteiger partial charge on any atom is 0.0702 e. The van der Waals surface area contributed by atoms with Gasteiger partial charge >= 0.3 is 0 Å². The topological polar surface area (TPSA) is 35.9 Å². The number of likely N-dealkylation sites (N-methyl/N-ethyl adjacent to an activating group) is 1. The molecule has 0 aromatic heterocycles. The molecule has 0 amide bonds. The highest BCUT2D eigenvalue weighted by Gasteiger charge is 2.24. The van der Waals surface area contributed by atoms with Crippen LogP contribution in [0.5, 0.6) is 0 Å². The first kappa shape index (κ1) is 12.3. The number of piperazine rings is 1. The largest absolute Gasteiger partial charge is 0.396 e. The first-order valence-corrected chi connectivity index (χ1v) is 6.41. The molecule has 16 heavy (non-hydrogen) atoms. The molecule has 0 radical (unpaired) electrons. The average Bonchev–Trinajstić information content (AvgIpc) is 2.33. The molecule has 4 heteroatoms. The van der Waals surface area contributed by atoms with Crippen molar-refractivity contribution >= 4 is 0 Å². The molecule has 2 fully saturated rings. The molecule has 0 bridgehead atoms. The average molecular weight is 228 g/mol. The fourth-order valence-electron chi connectivity index (χ4n) is 2.47. The summed E-state index contributed by atoms with van der Waals surface area (Å²) in [6.07, 6.45) is 2.62. The van der Waals surface area contributed by atoms with Gasteiger partial charge in [-0.05, 0) is 19.9 Å². The molecule has 94 valence electrons. The summed E-state index contributed by atoms with van der Waals surface area (Å²) >= 11 is 0. The van der Waals surface area contributed by atoms with E-state index < -0.39 is 0 Å². The van der Waals surface area contributed by atoms with Crippen molar-refractivity contribution in [3.63, 3.8) is 0 Å². The van der Waals surface area contributed by atoms with Crippen molar-refractivity contribution in [2.24, 2.45) is 5.92 Å². The van der Waals surface area contributed by atoms with E-state index in [4.69, 9.17) is 9.84 Å². The molecule has 2 aliphatic rings. The van der Waals surface area contributed by atoms with Gasteiger partial charge in [0.2, 0.25) is 0 Å². The number of ether oxygens (including phenoxy) is 1. The van der Waals surface area contributed by atoms with Crippen molar-refractivity contribution < 1.29 is 9.84 Å². The summed E-state index contributed by atoms with van der Waals surface area (Å²) in [6.45, 7) is 6.78. The Morgan fingerprint density at radius 2 is 1.94 bits per heavy atom. The van der Waals surface area contributed by atoms with Gasteiger partial charge in [-0.15, -0.1) is 0 Å². The van der Waals surface area contributed by atoms with Gasteiger partial charge in [-0.25, -0.2) is 0 Å². The fourth-order valence-corrected chi connectivity index (χ4v) is 2.47. The third-order valence-corrected chi connectivity index (χ3v) is 3.78. The molecule has 2 saturated heterocycles. The summed E-state index contributed by atoms with van der Waals surface area (Å²) in [4.78, 5) is 4.88. The van der Waals surface area contributed by atoms with Crippen LogP contribution in [0.3, 0.4) is 0 Å². The second-order valence-corrected chi connectivity index (χ2v) is 5.19. The number of aliphatic hydroxyl groups excluding tert-OH is 1. The first-order valence-electron chi connectivity index (χ1n) is 6.41. The van der Waals surface area contributed by atoms with Crippen LogP contribution in [0.15, 0.2) is 0 Å². The predicted octanol–water partition coefficient (Wildman–Crippen LogP) is 0.0213. The van der Waals surface area contributed by atoms with Gasteiger partial charge in [0.15, 0.2) is 0 Å². The monoisotopic (exact) mass is 228 g/mol. The Morgan fingerprint density at radius 1 is 1.19 bits per heavy atom. The van der Waals surface area contributed by atoms with Crippen LogP contribution >= 0.6 is 0 Å². The van der Waals surface area contributed by atoms with E-state index in [1.54, 1.807) is 0 Å². The number of hydrogen-bond acceptors (Lipinski definition) is 4. The highest BCUT2D eigenvalue weighted by Crippen LogP contribution is 2.19. The van der Waals surface area contributed by atoms with Crippen molar-refractivity contribution in [2.75, 3.05) is 53.0 Å². The molecule has 0 spiro atoms. The third-order valence-electron chi connectivity index (χ3n) is 3.78. The van der Waals surface area contributed by atoms with Gasteiger partial charge in [-0.2, -0.15) is 0 Å². The lowest BCUT2D eigenvalue weighted by atomic mass is 9.99. The molecule has 0 saturated carbocycles. The van der Waals surface area contributed by atoms with Gasteiger partial charge in [0.05, 0.1) is 12.7 Å². The molecule has 2 heterocycles. The van der Waals surface area contributed by atoms with Crippen molar-refractivity contribution in [1.29, 1.82) is 0 Å². The molecule has 0 aromatic rings. The van der Waals surface area contributed by atoms with E-state index in [2.05, 4.69) is 16.8 Å². The Kier molecular flexibility index (Phi) is 4.58. The van der Waals surface area contributed by atoms with E-state index in [1.807, 2.05) is 0 Å². The molecule has 0 unspecified atom stereocenters. The molecule has 1 N–H and O–H groups in total. The summed E-state index contributed by atoms with van der Waals surface area (Å²) in [5, 5.41) is 9.03. The lowest BCUT2D eigenvalue weighted by molar-refractivity contribution is -0.0479. The van der Waals surface area contributed by atoms with Gasteiger partial charge < -0.3 is 14.7 Å². The molecule has 0 aromatic carbocycles. The van der Waals surface area contributed by atoms with E-state index in [9.17, 15) is 0 Å². The minimum absolute atomic E-state index is 0.279. The number of rotatable bonds is 3. The highest BCUT2D eigenvalue weighted by atomic mass is 16.5. The summed E-state index contributed by atoms with van der Waals surface area (Å²) in [5.41, 5.74) is 0. The number of nitrogens with zero attached hydrogens (tertiary/aromatic N) is 2. The van der Waals surface area contributed by atoms with E-state index in [0.29, 0.717) is 12.0 Å². The van der Waals surface area contributed by atoms with Crippen LogP contribution < -0.4 is 0 Å². The Morgan fingerprint density at radius 3 is 2.50 bits per heavy atom. The Hall–Kier alpha value is -0.160. The Bertz CT molecular complexity index is 197. The van der Waals surface area contributed by atoms with Gasteiger partial charge in [0.25, 0.3) is 0 Å². The van der Waals surface area contributed by atoms with Crippen LogP contribution in [0, 0.1) is 5.92 Å². The quantitative estimate of drug-likeness (QED) is 0.739. The molecule has 4 nitrogen and oxygen atoms in total. The Balaban J connectivity index is 1.66. The minimum atomic E-state index is 0.279. The van der Waals surface area contributed by atoms with E-state index >= 15 is 0 Å². The smallest absolute Gasteiger partial charge is 0.0702 e. The van der Waals surface area contributed by atoms with Gasteiger partial charge in [-0.3, -0.25) is 4.90 Å². The second kappa shape index (κ2) is 5.96. The highest BCUT2D eigenvalue weighted by molar-refractivity contribution is 4.76. The van der Waals surface area contributed by atoms with E-state index in [0.717, 1.165) is 26.0 Å². The normalized spacial score (nSPS) is 34.1. The summed E-state index contributed by atoms with van der Waals surface area (Å²) in [5.74, 6) is 0.378. The molecule has 2 aliphatic heterocycles. The van der Waals surface area contributed by atoms with Gasteiger partial charge in [0, 0.05) is 45.2 Å². The molecule has 2 atom stereocenters. The second-order valence-electron chi connectivity index (χ2n) is 5.19. The van der Waals surface area contributed by atoms with Crippen LogP contribution in [0.25, 0.3) is 0 Å². The van der Waals surface area contributed by atoms with Gasteiger partial charge in [-0.1, -0.05) is 0 Å². The molecule has 0 aliphatic carbocycles. The van der Waals surface area contributed by atoms with Crippen molar-refractivity contribution in [2.45, 2.75) is 18.9 Å². The first-order chi connectivity index (χ1) is 7.78. The van der Waals surface area contributed by atoms with E-state index in [1.165, 1.54) is 26.2 Å². The lowest BCUT2D eigenvalue weighted by Crippen LogP contribution is -2.48. The van der Waals surface area contributed by atoms with Crippen molar-refractivity contribution in [3.8, 4) is 0 Å². The molecular formula is C12H24N2O2. The fraction of sp³-hybridized carbons (Fsp3) is 1.00. The maximum absolute atomic E-state index is 9.03. The van der Waals surface area contributed by atoms with Gasteiger partial charge in [0.1, 0.15) is 0 Å². The van der Waals surface area contributed by atoms with E-state index in [-0.39, 0.29) is 6.61 Å². The van der Waals surface area contributed by atoms with Crippen molar-refractivity contribution in [3.05, 3.63) is 0 Å². The molecular weight excluding hydrogens is 204 g/mol. The summed E-state index contributed by atoms with van der Waals surface area (Å²) < 4.78 is 5.80. The zero-order valence-electron chi connectivity index (χ0n) is 10.3. The number of aliphatic hydroxyl groups is 1. The zero-order valence-corrected chi connectivity index (χ0v) is 10.3. The summed E-state index contributed by atoms with van der Waals surface area (Å²) in [7, 11) is 2.18. The van der Waals surface area contributed by atoms with Crippen LogP contribution in [0.2, 0.25) is 0 Å². The standard InChI is InChI=1S/C12H24N2O2/c1-13-4-6-14(7-5-13)8-12-3-2-11(9-15)10-16-12/h11-12,15H,2-10H2,1H3/t11-,12-/m1/s1. The minimum Gasteiger partial charge on any atom is -0.396 e. The zero-order chi connectivity index (χ0) is 11.4. The SMILES string of the molecule is CN1CCN(C[C@H]2CC[C@H](CO)CO2)CC1. The van der Waals surface area contributed by atoms with Crippen LogP contribution in [-0.2, 0) is 4.74 Å². The van der Waals surface area contributed by atoms with Crippen LogP contribution in [-0.4, -0.2) is 74.0 Å². The van der Waals surface area contributed by atoms with Crippen molar-refractivity contribution in [1.82, 2.24) is 9.80 Å². The maximum atomic E-state index is 9.03. The lowest BCUT2D eigenvalue weighted by Gasteiger charge is -2.36. The van der Waals surface area contributed by atoms with Crippen LogP contribution in [0.4, 0.5) is 0 Å². The molecule has 2 rings (SSSR count). The summed E-state index contributed by atoms with van der Waals surface area (Å²) in [6, 6.07) is 0. The third kappa shape index (κ3) is 3.42.